The molecule has 2 amide bonds. The number of hydrogen-bond acceptors (Lipinski definition) is 8. The van der Waals surface area contributed by atoms with E-state index in [9.17, 15) is 18.8 Å². The smallest absolute Gasteiger partial charge is 0.242 e. The zero-order valence-electron chi connectivity index (χ0n) is 19.7. The SMILES string of the molecule is [C-]#[N+]c1ccc(-c2noc3c(Cl)c4c(nc23)CC2(C(=O)CC(=O)NC2=O)[C@H]2[C@H](C)O[C@H](C)CN42)cc1F. The van der Waals surface area contributed by atoms with Gasteiger partial charge in [-0.3, -0.25) is 19.7 Å². The summed E-state index contributed by atoms with van der Waals surface area (Å²) in [6.07, 6.45) is -1.34. The second-order valence-electron chi connectivity index (χ2n) is 9.58. The van der Waals surface area contributed by atoms with Crippen molar-refractivity contribution in [2.24, 2.45) is 5.41 Å². The first kappa shape index (κ1) is 23.5. The number of hydrogen-bond donors (Lipinski definition) is 1. The standard InChI is InChI=1S/C25H19ClFN5O5/c1-10-9-32-21-15(8-25(23(32)11(2)36-10)16(33)7-17(34)30-24(25)35)29-20-19(31-37-22(20)18(21)26)12-4-5-14(28-3)13(27)6-12/h4-6,10-11,23H,7-9H2,1-2H3,(H,30,34,35)/t10-,11+,23-,25?/m1/s1. The largest absolute Gasteiger partial charge is 0.372 e. The van der Waals surface area contributed by atoms with Crippen LogP contribution in [-0.2, 0) is 25.5 Å². The molecule has 2 fully saturated rings. The molecule has 0 aliphatic carbocycles. The van der Waals surface area contributed by atoms with Crippen molar-refractivity contribution in [1.82, 2.24) is 15.5 Å². The van der Waals surface area contributed by atoms with Crippen LogP contribution in [0.5, 0.6) is 0 Å². The normalized spacial score (nSPS) is 27.2. The van der Waals surface area contributed by atoms with Gasteiger partial charge in [0.1, 0.15) is 27.5 Å². The Morgan fingerprint density at radius 2 is 2.08 bits per heavy atom. The predicted molar refractivity (Wildman–Crippen MR) is 129 cm³/mol. The minimum atomic E-state index is -1.62. The predicted octanol–water partition coefficient (Wildman–Crippen LogP) is 3.37. The van der Waals surface area contributed by atoms with Crippen LogP contribution in [0.1, 0.15) is 26.0 Å². The van der Waals surface area contributed by atoms with Crippen LogP contribution < -0.4 is 10.2 Å². The van der Waals surface area contributed by atoms with Crippen LogP contribution in [0.3, 0.4) is 0 Å². The minimum absolute atomic E-state index is 0.116. The van der Waals surface area contributed by atoms with Crippen LogP contribution in [0.25, 0.3) is 27.2 Å². The number of fused-ring (bicyclic) bond motifs is 5. The average molecular weight is 524 g/mol. The maximum Gasteiger partial charge on any atom is 0.242 e. The summed E-state index contributed by atoms with van der Waals surface area (Å²) in [5.41, 5.74) is 0.0102. The van der Waals surface area contributed by atoms with Crippen molar-refractivity contribution in [1.29, 1.82) is 0 Å². The molecule has 2 saturated heterocycles. The van der Waals surface area contributed by atoms with Gasteiger partial charge in [-0.05, 0) is 19.9 Å². The summed E-state index contributed by atoms with van der Waals surface area (Å²) in [6.45, 7) is 11.0. The van der Waals surface area contributed by atoms with Gasteiger partial charge in [-0.15, -0.1) is 0 Å². The van der Waals surface area contributed by atoms with E-state index >= 15 is 0 Å². The number of rotatable bonds is 1. The molecule has 0 bridgehead atoms. The van der Waals surface area contributed by atoms with E-state index in [0.29, 0.717) is 23.5 Å². The molecule has 10 nitrogen and oxygen atoms in total. The van der Waals surface area contributed by atoms with Crippen molar-refractivity contribution in [3.8, 4) is 11.3 Å². The van der Waals surface area contributed by atoms with Gasteiger partial charge in [-0.25, -0.2) is 14.2 Å². The molecule has 0 saturated carbocycles. The molecule has 3 aliphatic rings. The highest BCUT2D eigenvalue weighted by atomic mass is 35.5. The van der Waals surface area contributed by atoms with Crippen molar-refractivity contribution in [2.45, 2.75) is 44.9 Å². The van der Waals surface area contributed by atoms with Crippen LogP contribution in [0, 0.1) is 17.8 Å². The number of anilines is 1. The van der Waals surface area contributed by atoms with Gasteiger partial charge in [-0.2, -0.15) is 0 Å². The summed E-state index contributed by atoms with van der Waals surface area (Å²) in [5, 5.41) is 6.59. The lowest BCUT2D eigenvalue weighted by molar-refractivity contribution is -0.158. The van der Waals surface area contributed by atoms with Crippen LogP contribution in [0.2, 0.25) is 5.02 Å². The number of nitrogens with zero attached hydrogens (tertiary/aromatic N) is 4. The molecule has 1 spiro atoms. The van der Waals surface area contributed by atoms with Crippen molar-refractivity contribution >= 4 is 51.7 Å². The zero-order valence-corrected chi connectivity index (χ0v) is 20.4. The number of morpholine rings is 1. The fraction of sp³-hybridized carbons (Fsp3) is 0.360. The summed E-state index contributed by atoms with van der Waals surface area (Å²) in [4.78, 5) is 48.6. The second kappa shape index (κ2) is 8.06. The molecule has 6 rings (SSSR count). The molecule has 1 N–H and O–H groups in total. The van der Waals surface area contributed by atoms with E-state index in [1.807, 2.05) is 11.8 Å². The Bertz CT molecular complexity index is 1560. The number of imide groups is 1. The molecule has 0 radical (unpaired) electrons. The number of nitrogens with one attached hydrogen (secondary N) is 1. The number of aromatic nitrogens is 2. The molecule has 1 aromatic carbocycles. The van der Waals surface area contributed by atoms with E-state index in [4.69, 9.17) is 32.4 Å². The third-order valence-electron chi connectivity index (χ3n) is 7.33. The summed E-state index contributed by atoms with van der Waals surface area (Å²) in [7, 11) is 0. The molecule has 5 heterocycles. The molecule has 2 aromatic heterocycles. The van der Waals surface area contributed by atoms with E-state index in [1.165, 1.54) is 12.1 Å². The number of piperidine rings is 1. The molecular formula is C25H19ClFN5O5. The third kappa shape index (κ3) is 3.22. The van der Waals surface area contributed by atoms with Crippen LogP contribution in [0.4, 0.5) is 15.8 Å². The maximum absolute atomic E-state index is 14.4. The molecule has 1 unspecified atom stereocenters. The number of pyridine rings is 1. The fourth-order valence-electron chi connectivity index (χ4n) is 5.89. The van der Waals surface area contributed by atoms with E-state index in [2.05, 4.69) is 15.3 Å². The summed E-state index contributed by atoms with van der Waals surface area (Å²) in [6, 6.07) is 3.28. The fourth-order valence-corrected chi connectivity index (χ4v) is 6.23. The Balaban J connectivity index is 1.58. The molecule has 3 aliphatic heterocycles. The van der Waals surface area contributed by atoms with Gasteiger partial charge < -0.3 is 14.2 Å². The number of benzene rings is 1. The molecule has 4 atom stereocenters. The number of Topliss-reactive ketones (excluding diaryl/α,β-unsaturated/α-hetero) is 1. The number of amides is 2. The lowest BCUT2D eigenvalue weighted by atomic mass is 9.64. The minimum Gasteiger partial charge on any atom is -0.372 e. The Morgan fingerprint density at radius 3 is 2.78 bits per heavy atom. The van der Waals surface area contributed by atoms with Crippen molar-refractivity contribution in [2.75, 3.05) is 11.4 Å². The first-order chi connectivity index (χ1) is 17.6. The summed E-state index contributed by atoms with van der Waals surface area (Å²) >= 11 is 6.87. The Kier molecular flexibility index (Phi) is 5.12. The summed E-state index contributed by atoms with van der Waals surface area (Å²) in [5.74, 6) is -2.57. The second-order valence-corrected chi connectivity index (χ2v) is 9.96. The first-order valence-electron chi connectivity index (χ1n) is 11.6. The number of carbonyl (C=O) groups is 3. The molecular weight excluding hydrogens is 505 g/mol. The Morgan fingerprint density at radius 1 is 1.30 bits per heavy atom. The maximum atomic E-state index is 14.4. The van der Waals surface area contributed by atoms with Crippen molar-refractivity contribution in [3.63, 3.8) is 0 Å². The van der Waals surface area contributed by atoms with Crippen molar-refractivity contribution in [3.05, 3.63) is 46.2 Å². The summed E-state index contributed by atoms with van der Waals surface area (Å²) < 4.78 is 25.9. The van der Waals surface area contributed by atoms with Gasteiger partial charge in [0.05, 0.1) is 42.6 Å². The monoisotopic (exact) mass is 523 g/mol. The average Bonchev–Trinajstić information content (AvgIpc) is 3.26. The lowest BCUT2D eigenvalue weighted by Gasteiger charge is -2.55. The van der Waals surface area contributed by atoms with Gasteiger partial charge >= 0.3 is 0 Å². The first-order valence-corrected chi connectivity index (χ1v) is 12.0. The van der Waals surface area contributed by atoms with E-state index in [0.717, 1.165) is 6.07 Å². The Hall–Kier alpha value is -3.88. The number of ketones is 1. The van der Waals surface area contributed by atoms with Gasteiger partial charge in [-0.1, -0.05) is 28.9 Å². The zero-order chi connectivity index (χ0) is 26.2. The van der Waals surface area contributed by atoms with E-state index < -0.39 is 47.4 Å². The number of carbonyl (C=O) groups excluding carboxylic acids is 3. The van der Waals surface area contributed by atoms with Gasteiger partial charge in [0, 0.05) is 18.5 Å². The molecule has 188 valence electrons. The van der Waals surface area contributed by atoms with E-state index in [-0.39, 0.29) is 40.0 Å². The van der Waals surface area contributed by atoms with Crippen LogP contribution >= 0.6 is 11.6 Å². The third-order valence-corrected chi connectivity index (χ3v) is 7.68. The highest BCUT2D eigenvalue weighted by Crippen LogP contribution is 2.51. The van der Waals surface area contributed by atoms with E-state index in [1.54, 1.807) is 6.92 Å². The van der Waals surface area contributed by atoms with Gasteiger partial charge in [0.2, 0.25) is 23.1 Å². The molecule has 3 aromatic rings. The van der Waals surface area contributed by atoms with Gasteiger partial charge in [0.25, 0.3) is 0 Å². The van der Waals surface area contributed by atoms with Crippen molar-refractivity contribution < 1.29 is 28.0 Å². The lowest BCUT2D eigenvalue weighted by Crippen LogP contribution is -2.72. The Labute approximate surface area is 214 Å². The molecule has 37 heavy (non-hydrogen) atoms. The highest BCUT2D eigenvalue weighted by Gasteiger charge is 2.63. The topological polar surface area (TPSA) is 119 Å². The number of ether oxygens (including phenoxy) is 1. The van der Waals surface area contributed by atoms with Gasteiger partial charge in [0.15, 0.2) is 5.78 Å². The highest BCUT2D eigenvalue weighted by molar-refractivity contribution is 6.38. The quantitative estimate of drug-likeness (QED) is 0.293. The molecule has 12 heteroatoms. The van der Waals surface area contributed by atoms with Crippen LogP contribution in [0.15, 0.2) is 22.7 Å². The van der Waals surface area contributed by atoms with Crippen LogP contribution in [-0.4, -0.2) is 52.5 Å². The number of halogens is 2.